The Labute approximate surface area is 671 Å². The zero-order valence-electron chi connectivity index (χ0n) is 61.9. The summed E-state index contributed by atoms with van der Waals surface area (Å²) in [4.78, 5) is 66.4. The van der Waals surface area contributed by atoms with Crippen LogP contribution in [0.3, 0.4) is 0 Å². The number of phosphoric ester groups is 6. The van der Waals surface area contributed by atoms with Crippen LogP contribution in [-0.4, -0.2) is 49.8 Å². The molecule has 0 amide bonds. The Balaban J connectivity index is 0.907. The average molecular weight is 1680 g/mol. The van der Waals surface area contributed by atoms with Crippen LogP contribution in [0.15, 0.2) is 255 Å². The molecule has 0 spiro atoms. The Hall–Kier alpha value is -7.52. The number of hydrogen-bond donors (Lipinski definition) is 0. The van der Waals surface area contributed by atoms with E-state index in [9.17, 15) is 10.5 Å². The van der Waals surface area contributed by atoms with E-state index < -0.39 is 188 Å². The SMILES string of the molecule is N#CC[C@H](OP(=O)(O[C@H]1[C@H](O[P+]2([O-])OCc3ccccc3CO2)[C@@H](OP(=O)(OCC2c3ccccc3-c3ccccc32)OCC2c3ccccc3-c3ccccc32)[C@H](O[P+]2([O-])OCc3ccccc3CO2)[C@@H](O[P+]2([O-])OCc3ccccc3CO2)[C@H]1O[P+]1([O-])OCc2ccccc2CO1)O[C@@H](CC#N)c1ccccc1)c1ccccc1. The summed E-state index contributed by atoms with van der Waals surface area (Å²) in [6, 6.07) is 77.9. The first-order chi connectivity index (χ1) is 56.4. The average Bonchev–Trinajstić information content (AvgIpc) is 0.765. The molecule has 596 valence electrons. The van der Waals surface area contributed by atoms with Crippen LogP contribution in [0.25, 0.3) is 22.3 Å². The minimum atomic E-state index is -5.95. The Bertz CT molecular complexity index is 5010. The van der Waals surface area contributed by atoms with Crippen LogP contribution in [0.2, 0.25) is 0 Å². The van der Waals surface area contributed by atoms with Crippen molar-refractivity contribution in [3.05, 3.63) is 333 Å². The fraction of sp³-hybridized carbons (Fsp3) is 0.262. The van der Waals surface area contributed by atoms with E-state index >= 15 is 28.7 Å². The van der Waals surface area contributed by atoms with Crippen molar-refractivity contribution in [2.75, 3.05) is 13.2 Å². The van der Waals surface area contributed by atoms with Gasteiger partial charge in [-0.1, -0.05) is 255 Å². The van der Waals surface area contributed by atoms with Crippen molar-refractivity contribution in [1.29, 1.82) is 10.5 Å². The Kier molecular flexibility index (Phi) is 24.4. The third kappa shape index (κ3) is 17.7. The number of hydrogen-bond acceptors (Lipinski definition) is 26. The van der Waals surface area contributed by atoms with E-state index in [4.69, 9.17) is 81.4 Å². The summed E-state index contributed by atoms with van der Waals surface area (Å²) in [7, 11) is -33.4. The van der Waals surface area contributed by atoms with Crippen LogP contribution < -0.4 is 19.6 Å². The van der Waals surface area contributed by atoms with Gasteiger partial charge in [0.1, 0.15) is 77.3 Å². The number of phosphoric acid groups is 6. The van der Waals surface area contributed by atoms with Crippen LogP contribution >= 0.6 is 48.3 Å². The van der Waals surface area contributed by atoms with E-state index in [2.05, 4.69) is 12.1 Å². The molecule has 0 aromatic heterocycles. The van der Waals surface area contributed by atoms with Crippen molar-refractivity contribution in [3.63, 3.8) is 0 Å². The second-order valence-corrected chi connectivity index (χ2v) is 37.8. The van der Waals surface area contributed by atoms with E-state index in [-0.39, 0.29) is 11.1 Å². The number of nitriles is 2. The monoisotopic (exact) mass is 1680 g/mol. The lowest BCUT2D eigenvalue weighted by Gasteiger charge is -2.49. The molecule has 8 atom stereocenters. The molecule has 0 saturated heterocycles. The predicted molar refractivity (Wildman–Crippen MR) is 417 cm³/mol. The van der Waals surface area contributed by atoms with Gasteiger partial charge >= 0.3 is 48.3 Å². The fourth-order valence-electron chi connectivity index (χ4n) is 15.3. The van der Waals surface area contributed by atoms with Crippen molar-refractivity contribution >= 4 is 48.3 Å². The Morgan fingerprint density at radius 3 is 0.810 bits per heavy atom. The highest BCUT2D eigenvalue weighted by Gasteiger charge is 2.70. The maximum Gasteiger partial charge on any atom is 0.476 e. The number of rotatable bonds is 26. The van der Waals surface area contributed by atoms with Gasteiger partial charge in [0.25, 0.3) is 0 Å². The normalized spacial score (nSPS) is 22.3. The second-order valence-electron chi connectivity index (χ2n) is 28.1. The van der Waals surface area contributed by atoms with E-state index in [1.165, 1.54) is 0 Å². The highest BCUT2D eigenvalue weighted by Crippen LogP contribution is 2.71. The fourth-order valence-corrected chi connectivity index (χ4v) is 23.7. The van der Waals surface area contributed by atoms with Crippen molar-refractivity contribution in [2.45, 2.75) is 126 Å². The van der Waals surface area contributed by atoms with E-state index in [0.717, 1.165) is 44.5 Å². The van der Waals surface area contributed by atoms with Crippen LogP contribution in [0.5, 0.6) is 0 Å². The first-order valence-corrected chi connectivity index (χ1v) is 46.2. The smallest absolute Gasteiger partial charge is 0.476 e. The van der Waals surface area contributed by atoms with E-state index in [1.807, 2.05) is 97.1 Å². The first kappa shape index (κ1) is 80.9. The molecule has 10 aromatic carbocycles. The molecule has 0 N–H and O–H groups in total. The Morgan fingerprint density at radius 2 is 0.543 bits per heavy atom. The molecule has 26 nitrogen and oxygen atoms in total. The molecular formula is C84H76N2O24P6. The molecule has 0 unspecified atom stereocenters. The molecule has 1 saturated carbocycles. The molecule has 17 rings (SSSR count). The van der Waals surface area contributed by atoms with Gasteiger partial charge in [-0.05, 0) is 100 Å². The maximum absolute atomic E-state index is 17.8. The quantitative estimate of drug-likeness (QED) is 0.0454. The van der Waals surface area contributed by atoms with Gasteiger partial charge in [0.15, 0.2) is 24.4 Å². The predicted octanol–water partition coefficient (Wildman–Crippen LogP) is 16.7. The number of fused-ring (bicyclic) bond motifs is 10. The minimum Gasteiger partial charge on any atom is -0.606 e. The highest BCUT2D eigenvalue weighted by atomic mass is 31.2. The second kappa shape index (κ2) is 35.0. The molecule has 0 radical (unpaired) electrons. The van der Waals surface area contributed by atoms with Gasteiger partial charge < -0.3 is 19.6 Å². The maximum atomic E-state index is 17.8. The largest absolute Gasteiger partial charge is 0.606 e. The standard InChI is InChI=1S/C84H76N2O24P6/c85-45-43-77(57-23-3-1-4-24-57)103-116(92,104-78(44-46-86)58-25-5-2-6-26-58)110-84-82(107-113(89)97-51-63-31-11-12-32-64(63)52-98-113)80(106-112(88)95-49-61-29-9-10-30-62(61)50-96-112)79(105-111(87)93-47-59-27-7-8-28-60(59)48-94-111)81(83(84)108-114(90)99-53-65-33-13-14-34-66(65)54-100-114)109-115(91,101-55-75-71-39-19-15-35-67(71)68-36-16-20-40-72(68)75)102-56-76-73-41-21-17-37-69(73)70-38-18-22-42-74(70)76/h1-42,75-84H,43-44,47-56H2/t77-,78-,79+,80+,81-,82+,83+,84+/m0/s1. The zero-order valence-corrected chi connectivity index (χ0v) is 67.2. The summed E-state index contributed by atoms with van der Waals surface area (Å²) in [6.45, 7) is -4.90. The molecule has 4 heterocycles. The topological polar surface area (TPSA) is 340 Å². The lowest BCUT2D eigenvalue weighted by Crippen LogP contribution is -2.67. The van der Waals surface area contributed by atoms with Gasteiger partial charge in [-0.15, -0.1) is 0 Å². The Morgan fingerprint density at radius 1 is 0.319 bits per heavy atom. The van der Waals surface area contributed by atoms with Crippen LogP contribution in [0, 0.1) is 22.7 Å². The molecule has 32 heteroatoms. The summed E-state index contributed by atoms with van der Waals surface area (Å²) >= 11 is 0. The first-order valence-electron chi connectivity index (χ1n) is 37.4. The van der Waals surface area contributed by atoms with Crippen molar-refractivity contribution in [1.82, 2.24) is 0 Å². The summed E-state index contributed by atoms with van der Waals surface area (Å²) in [5.74, 6) is -1.44. The van der Waals surface area contributed by atoms with Crippen molar-refractivity contribution in [3.8, 4) is 34.4 Å². The summed E-state index contributed by atoms with van der Waals surface area (Å²) in [6.07, 6.45) is -20.3. The lowest BCUT2D eigenvalue weighted by atomic mass is 9.85. The van der Waals surface area contributed by atoms with E-state index in [1.54, 1.807) is 158 Å². The van der Waals surface area contributed by atoms with Crippen LogP contribution in [0.1, 0.15) is 115 Å². The molecular weight excluding hydrogens is 1610 g/mol. The molecule has 4 aliphatic heterocycles. The van der Waals surface area contributed by atoms with Crippen LogP contribution in [-0.2, 0) is 143 Å². The van der Waals surface area contributed by atoms with Crippen molar-refractivity contribution < 1.29 is 110 Å². The van der Waals surface area contributed by atoms with Gasteiger partial charge in [-0.2, -0.15) is 64.8 Å². The zero-order chi connectivity index (χ0) is 79.5. The van der Waals surface area contributed by atoms with Gasteiger partial charge in [0, 0.05) is 11.8 Å². The minimum absolute atomic E-state index is 0.235. The third-order valence-corrected chi connectivity index (χ3v) is 29.6. The van der Waals surface area contributed by atoms with E-state index in [0.29, 0.717) is 44.5 Å². The molecule has 7 aliphatic rings. The summed E-state index contributed by atoms with van der Waals surface area (Å²) < 4.78 is 156. The van der Waals surface area contributed by atoms with Gasteiger partial charge in [0.2, 0.25) is 0 Å². The van der Waals surface area contributed by atoms with Gasteiger partial charge in [0.05, 0.1) is 38.2 Å². The summed E-state index contributed by atoms with van der Waals surface area (Å²) in [5, 5.41) is 21.5. The molecule has 0 bridgehead atoms. The number of benzene rings is 10. The highest BCUT2D eigenvalue weighted by molar-refractivity contribution is 7.55. The summed E-state index contributed by atoms with van der Waals surface area (Å²) in [5.41, 5.74) is 10.7. The van der Waals surface area contributed by atoms with Crippen LogP contribution in [0.4, 0.5) is 0 Å². The molecule has 1 fully saturated rings. The number of nitrogens with zero attached hydrogens (tertiary/aromatic N) is 2. The molecule has 116 heavy (non-hydrogen) atoms. The van der Waals surface area contributed by atoms with Crippen molar-refractivity contribution in [2.24, 2.45) is 0 Å². The third-order valence-electron chi connectivity index (χ3n) is 21.1. The van der Waals surface area contributed by atoms with Gasteiger partial charge in [-0.3, -0.25) is 27.1 Å². The molecule has 3 aliphatic carbocycles. The van der Waals surface area contributed by atoms with Gasteiger partial charge in [-0.25, -0.2) is 9.13 Å². The molecule has 10 aromatic rings. The lowest BCUT2D eigenvalue weighted by molar-refractivity contribution is -0.307.